The van der Waals surface area contributed by atoms with Crippen molar-refractivity contribution in [2.45, 2.75) is 26.5 Å². The molecule has 176 valence electrons. The summed E-state index contributed by atoms with van der Waals surface area (Å²) < 4.78 is 18.8. The third kappa shape index (κ3) is 5.55. The fraction of sp³-hybridized carbons (Fsp3) is 0.423. The highest BCUT2D eigenvalue weighted by Gasteiger charge is 2.22. The number of esters is 1. The molecule has 0 radical (unpaired) electrons. The van der Waals surface area contributed by atoms with Gasteiger partial charge >= 0.3 is 5.97 Å². The van der Waals surface area contributed by atoms with Crippen molar-refractivity contribution in [1.29, 1.82) is 0 Å². The van der Waals surface area contributed by atoms with Crippen molar-refractivity contribution in [3.8, 4) is 5.75 Å². The van der Waals surface area contributed by atoms with Crippen molar-refractivity contribution < 1.29 is 24.1 Å². The first-order valence-corrected chi connectivity index (χ1v) is 11.5. The van der Waals surface area contributed by atoms with E-state index in [2.05, 4.69) is 21.6 Å². The molecule has 1 atom stereocenters. The number of benzene rings is 2. The Kier molecular flexibility index (Phi) is 7.65. The Morgan fingerprint density at radius 3 is 2.64 bits per heavy atom. The van der Waals surface area contributed by atoms with Gasteiger partial charge in [-0.25, -0.2) is 4.79 Å². The number of carbonyl (C=O) groups is 1. The number of rotatable bonds is 9. The van der Waals surface area contributed by atoms with Crippen molar-refractivity contribution in [1.82, 2.24) is 9.47 Å². The summed E-state index contributed by atoms with van der Waals surface area (Å²) in [5.41, 5.74) is 3.51. The van der Waals surface area contributed by atoms with E-state index in [9.17, 15) is 9.90 Å². The third-order valence-corrected chi connectivity index (χ3v) is 5.97. The molecule has 1 saturated heterocycles. The van der Waals surface area contributed by atoms with Gasteiger partial charge in [0.1, 0.15) is 18.5 Å². The second-order valence-electron chi connectivity index (χ2n) is 8.31. The number of nitrogens with zero attached hydrogens (tertiary/aromatic N) is 2. The minimum Gasteiger partial charge on any atom is -0.491 e. The van der Waals surface area contributed by atoms with E-state index in [0.29, 0.717) is 44.2 Å². The zero-order valence-electron chi connectivity index (χ0n) is 19.3. The van der Waals surface area contributed by atoms with Crippen molar-refractivity contribution in [3.63, 3.8) is 0 Å². The van der Waals surface area contributed by atoms with Crippen LogP contribution in [-0.2, 0) is 16.0 Å². The molecule has 1 N–H and O–H groups in total. The summed E-state index contributed by atoms with van der Waals surface area (Å²) in [6.07, 6.45) is -0.604. The fourth-order valence-corrected chi connectivity index (χ4v) is 4.31. The molecule has 3 aromatic rings. The summed E-state index contributed by atoms with van der Waals surface area (Å²) >= 11 is 0. The van der Waals surface area contributed by atoms with Crippen LogP contribution in [0.4, 0.5) is 0 Å². The van der Waals surface area contributed by atoms with Crippen molar-refractivity contribution >= 4 is 16.9 Å². The molecular formula is C26H32N2O5. The van der Waals surface area contributed by atoms with Gasteiger partial charge in [-0.3, -0.25) is 4.90 Å². The monoisotopic (exact) mass is 452 g/mol. The van der Waals surface area contributed by atoms with Gasteiger partial charge in [0.25, 0.3) is 0 Å². The molecule has 1 aromatic heterocycles. The first kappa shape index (κ1) is 23.3. The van der Waals surface area contributed by atoms with E-state index >= 15 is 0 Å². The molecule has 0 saturated carbocycles. The molecule has 1 aliphatic heterocycles. The SMILES string of the molecule is CCOC(=O)c1c(C)n(Cc2ccccc2)c2ccc(OCC(O)CN3CCOCC3)cc12. The molecule has 1 aliphatic rings. The van der Waals surface area contributed by atoms with Crippen LogP contribution in [0.15, 0.2) is 48.5 Å². The van der Waals surface area contributed by atoms with Crippen LogP contribution < -0.4 is 4.74 Å². The third-order valence-electron chi connectivity index (χ3n) is 5.97. The quantitative estimate of drug-likeness (QED) is 0.503. The van der Waals surface area contributed by atoms with Gasteiger partial charge in [0.15, 0.2) is 0 Å². The number of ether oxygens (including phenoxy) is 3. The van der Waals surface area contributed by atoms with Crippen LogP contribution in [0.3, 0.4) is 0 Å². The van der Waals surface area contributed by atoms with E-state index in [1.54, 1.807) is 6.92 Å². The summed E-state index contributed by atoms with van der Waals surface area (Å²) in [6, 6.07) is 15.9. The molecule has 0 amide bonds. The second kappa shape index (κ2) is 10.8. The Hall–Kier alpha value is -2.87. The lowest BCUT2D eigenvalue weighted by molar-refractivity contribution is 0.00466. The first-order chi connectivity index (χ1) is 16.1. The lowest BCUT2D eigenvalue weighted by Gasteiger charge is -2.28. The maximum absolute atomic E-state index is 12.8. The fourth-order valence-electron chi connectivity index (χ4n) is 4.31. The first-order valence-electron chi connectivity index (χ1n) is 11.5. The molecule has 1 fully saturated rings. The van der Waals surface area contributed by atoms with Gasteiger partial charge in [0.2, 0.25) is 0 Å². The largest absolute Gasteiger partial charge is 0.491 e. The lowest BCUT2D eigenvalue weighted by Crippen LogP contribution is -2.42. The number of hydrogen-bond donors (Lipinski definition) is 1. The zero-order chi connectivity index (χ0) is 23.2. The predicted octanol–water partition coefficient (Wildman–Crippen LogP) is 3.25. The van der Waals surface area contributed by atoms with Gasteiger partial charge in [0.05, 0.1) is 25.4 Å². The molecule has 0 bridgehead atoms. The van der Waals surface area contributed by atoms with Crippen LogP contribution in [0.2, 0.25) is 0 Å². The van der Waals surface area contributed by atoms with Crippen LogP contribution in [0.5, 0.6) is 5.75 Å². The average molecular weight is 453 g/mol. The molecule has 7 heteroatoms. The van der Waals surface area contributed by atoms with E-state index in [0.717, 1.165) is 35.2 Å². The predicted molar refractivity (Wildman–Crippen MR) is 127 cm³/mol. The number of hydrogen-bond acceptors (Lipinski definition) is 6. The van der Waals surface area contributed by atoms with Crippen molar-refractivity contribution in [3.05, 3.63) is 65.4 Å². The van der Waals surface area contributed by atoms with Crippen LogP contribution in [0.1, 0.15) is 28.5 Å². The van der Waals surface area contributed by atoms with E-state index in [4.69, 9.17) is 14.2 Å². The Morgan fingerprint density at radius 1 is 1.15 bits per heavy atom. The maximum Gasteiger partial charge on any atom is 0.340 e. The van der Waals surface area contributed by atoms with Gasteiger partial charge in [-0.1, -0.05) is 30.3 Å². The lowest BCUT2D eigenvalue weighted by atomic mass is 10.1. The average Bonchev–Trinajstić information content (AvgIpc) is 3.10. The topological polar surface area (TPSA) is 73.2 Å². The summed E-state index contributed by atoms with van der Waals surface area (Å²) in [4.78, 5) is 15.0. The van der Waals surface area contributed by atoms with Crippen LogP contribution in [0, 0.1) is 6.92 Å². The second-order valence-corrected chi connectivity index (χ2v) is 8.31. The summed E-state index contributed by atoms with van der Waals surface area (Å²) in [7, 11) is 0. The Bertz CT molecular complexity index is 1070. The highest BCUT2D eigenvalue weighted by molar-refractivity contribution is 6.06. The Morgan fingerprint density at radius 2 is 1.91 bits per heavy atom. The number of aromatic nitrogens is 1. The molecule has 1 unspecified atom stereocenters. The van der Waals surface area contributed by atoms with Gasteiger partial charge < -0.3 is 23.9 Å². The van der Waals surface area contributed by atoms with Crippen LogP contribution >= 0.6 is 0 Å². The summed E-state index contributed by atoms with van der Waals surface area (Å²) in [5.74, 6) is 0.280. The highest BCUT2D eigenvalue weighted by Crippen LogP contribution is 2.31. The zero-order valence-corrected chi connectivity index (χ0v) is 19.3. The number of aliphatic hydroxyl groups is 1. The maximum atomic E-state index is 12.8. The van der Waals surface area contributed by atoms with E-state index in [-0.39, 0.29) is 12.6 Å². The summed E-state index contributed by atoms with van der Waals surface area (Å²) in [6.45, 7) is 8.48. The molecule has 0 aliphatic carbocycles. The van der Waals surface area contributed by atoms with Gasteiger partial charge in [-0.2, -0.15) is 0 Å². The number of aliphatic hydroxyl groups excluding tert-OH is 1. The number of β-amino-alcohol motifs (C(OH)–C–C–N with tert-alkyl or cyclic N) is 1. The van der Waals surface area contributed by atoms with Crippen molar-refractivity contribution in [2.75, 3.05) is 46.1 Å². The van der Waals surface area contributed by atoms with Gasteiger partial charge in [-0.15, -0.1) is 0 Å². The van der Waals surface area contributed by atoms with Crippen LogP contribution in [0.25, 0.3) is 10.9 Å². The standard InChI is InChI=1S/C26H32N2O5/c1-3-32-26(30)25-19(2)28(16-20-7-5-4-6-8-20)24-10-9-22(15-23(24)25)33-18-21(29)17-27-11-13-31-14-12-27/h4-10,15,21,29H,3,11-14,16-18H2,1-2H3. The summed E-state index contributed by atoms with van der Waals surface area (Å²) in [5, 5.41) is 11.2. The Balaban J connectivity index is 1.57. The van der Waals surface area contributed by atoms with E-state index in [1.807, 2.05) is 43.3 Å². The number of morpholine rings is 1. The van der Waals surface area contributed by atoms with E-state index in [1.165, 1.54) is 0 Å². The molecule has 7 nitrogen and oxygen atoms in total. The van der Waals surface area contributed by atoms with Crippen LogP contribution in [-0.4, -0.2) is 72.7 Å². The highest BCUT2D eigenvalue weighted by atomic mass is 16.5. The number of fused-ring (bicyclic) bond motifs is 1. The minimum atomic E-state index is -0.604. The molecule has 2 heterocycles. The normalized spacial score (nSPS) is 15.5. The van der Waals surface area contributed by atoms with Gasteiger partial charge in [0, 0.05) is 42.8 Å². The molecular weight excluding hydrogens is 420 g/mol. The molecule has 2 aromatic carbocycles. The minimum absolute atomic E-state index is 0.182. The smallest absolute Gasteiger partial charge is 0.340 e. The van der Waals surface area contributed by atoms with Crippen molar-refractivity contribution in [2.24, 2.45) is 0 Å². The molecule has 4 rings (SSSR count). The van der Waals surface area contributed by atoms with E-state index < -0.39 is 6.10 Å². The molecule has 0 spiro atoms. The van der Waals surface area contributed by atoms with Gasteiger partial charge in [-0.05, 0) is 37.6 Å². The molecule has 33 heavy (non-hydrogen) atoms. The Labute approximate surface area is 194 Å². The number of carbonyl (C=O) groups excluding carboxylic acids is 1.